The second-order valence-corrected chi connectivity index (χ2v) is 8.46. The summed E-state index contributed by atoms with van der Waals surface area (Å²) in [5, 5.41) is 5.76. The van der Waals surface area contributed by atoms with E-state index in [0.29, 0.717) is 25.2 Å². The van der Waals surface area contributed by atoms with Crippen LogP contribution in [0.3, 0.4) is 0 Å². The number of nitrogens with one attached hydrogen (secondary N) is 2. The van der Waals surface area contributed by atoms with Gasteiger partial charge in [0.05, 0.1) is 5.92 Å². The van der Waals surface area contributed by atoms with Gasteiger partial charge in [-0.2, -0.15) is 0 Å². The summed E-state index contributed by atoms with van der Waals surface area (Å²) < 4.78 is 0. The van der Waals surface area contributed by atoms with Crippen molar-refractivity contribution >= 4 is 23.4 Å². The highest BCUT2D eigenvalue weighted by molar-refractivity contribution is 6.02. The van der Waals surface area contributed by atoms with E-state index in [9.17, 15) is 14.4 Å². The summed E-state index contributed by atoms with van der Waals surface area (Å²) in [4.78, 5) is 40.7. The van der Waals surface area contributed by atoms with Crippen molar-refractivity contribution < 1.29 is 14.4 Å². The van der Waals surface area contributed by atoms with Gasteiger partial charge in [0.1, 0.15) is 6.04 Å². The molecule has 33 heavy (non-hydrogen) atoms. The SMILES string of the molecule is O=C1CC(C(=O)N2CCNC(=O)C2Cc2ccccc2-c2ccccc2)c2ccccc2N1. The van der Waals surface area contributed by atoms with Gasteiger partial charge in [-0.15, -0.1) is 0 Å². The lowest BCUT2D eigenvalue weighted by Crippen LogP contribution is -2.59. The van der Waals surface area contributed by atoms with E-state index in [-0.39, 0.29) is 24.1 Å². The average molecular weight is 440 g/mol. The van der Waals surface area contributed by atoms with E-state index in [1.54, 1.807) is 4.90 Å². The number of carbonyl (C=O) groups excluding carboxylic acids is 3. The Labute approximate surface area is 192 Å². The van der Waals surface area contributed by atoms with Crippen molar-refractivity contribution in [3.63, 3.8) is 0 Å². The molecule has 2 aliphatic heterocycles. The van der Waals surface area contributed by atoms with Crippen LogP contribution in [0.4, 0.5) is 5.69 Å². The number of para-hydroxylation sites is 1. The molecule has 2 N–H and O–H groups in total. The molecule has 3 aromatic rings. The van der Waals surface area contributed by atoms with Crippen LogP contribution in [0.5, 0.6) is 0 Å². The predicted molar refractivity (Wildman–Crippen MR) is 127 cm³/mol. The number of piperazine rings is 1. The molecule has 0 aliphatic carbocycles. The van der Waals surface area contributed by atoms with Gasteiger partial charge in [0, 0.05) is 31.6 Å². The highest BCUT2D eigenvalue weighted by atomic mass is 16.2. The second-order valence-electron chi connectivity index (χ2n) is 8.46. The zero-order valence-electron chi connectivity index (χ0n) is 18.2. The molecule has 2 atom stereocenters. The standard InChI is InChI=1S/C27H25N3O3/c31-25-17-22(21-12-6-7-13-23(21)29-25)27(33)30-15-14-28-26(32)24(30)16-19-10-4-5-11-20(19)18-8-2-1-3-9-18/h1-13,22,24H,14-17H2,(H,28,32)(H,29,31). The van der Waals surface area contributed by atoms with Gasteiger partial charge < -0.3 is 15.5 Å². The molecule has 0 aromatic heterocycles. The second kappa shape index (κ2) is 8.90. The monoisotopic (exact) mass is 439 g/mol. The maximum atomic E-state index is 13.7. The Morgan fingerprint density at radius 1 is 0.909 bits per heavy atom. The third-order valence-corrected chi connectivity index (χ3v) is 6.43. The molecule has 2 unspecified atom stereocenters. The first kappa shape index (κ1) is 20.9. The lowest BCUT2D eigenvalue weighted by atomic mass is 9.87. The Morgan fingerprint density at radius 2 is 1.64 bits per heavy atom. The highest BCUT2D eigenvalue weighted by Gasteiger charge is 2.39. The molecule has 0 saturated carbocycles. The normalized spacial score (nSPS) is 19.9. The van der Waals surface area contributed by atoms with Gasteiger partial charge in [-0.1, -0.05) is 72.8 Å². The molecular weight excluding hydrogens is 414 g/mol. The van der Waals surface area contributed by atoms with Gasteiger partial charge in [0.15, 0.2) is 0 Å². The molecule has 0 bridgehead atoms. The molecule has 0 radical (unpaired) electrons. The van der Waals surface area contributed by atoms with E-state index in [2.05, 4.69) is 10.6 Å². The number of amides is 3. The van der Waals surface area contributed by atoms with Crippen molar-refractivity contribution in [1.29, 1.82) is 0 Å². The van der Waals surface area contributed by atoms with Crippen molar-refractivity contribution in [2.75, 3.05) is 18.4 Å². The van der Waals surface area contributed by atoms with E-state index in [1.165, 1.54) is 0 Å². The Hall–Kier alpha value is -3.93. The van der Waals surface area contributed by atoms with Crippen LogP contribution >= 0.6 is 0 Å². The third kappa shape index (κ3) is 4.12. The molecule has 5 rings (SSSR count). The van der Waals surface area contributed by atoms with Crippen LogP contribution in [0.1, 0.15) is 23.5 Å². The molecule has 3 amide bonds. The summed E-state index contributed by atoms with van der Waals surface area (Å²) in [7, 11) is 0. The largest absolute Gasteiger partial charge is 0.353 e. The van der Waals surface area contributed by atoms with E-state index in [0.717, 1.165) is 22.3 Å². The van der Waals surface area contributed by atoms with Crippen molar-refractivity contribution in [2.45, 2.75) is 24.8 Å². The van der Waals surface area contributed by atoms with Gasteiger partial charge in [0.2, 0.25) is 17.7 Å². The Bertz CT molecular complexity index is 1210. The van der Waals surface area contributed by atoms with E-state index in [4.69, 9.17) is 0 Å². The van der Waals surface area contributed by atoms with Crippen LogP contribution in [0.15, 0.2) is 78.9 Å². The molecule has 166 valence electrons. The minimum Gasteiger partial charge on any atom is -0.353 e. The molecular formula is C27H25N3O3. The van der Waals surface area contributed by atoms with E-state index >= 15 is 0 Å². The topological polar surface area (TPSA) is 78.5 Å². The lowest BCUT2D eigenvalue weighted by molar-refractivity contribution is -0.145. The van der Waals surface area contributed by atoms with Crippen LogP contribution in [0.25, 0.3) is 11.1 Å². The summed E-state index contributed by atoms with van der Waals surface area (Å²) in [5.74, 6) is -1.10. The lowest BCUT2D eigenvalue weighted by Gasteiger charge is -2.38. The number of carbonyl (C=O) groups is 3. The zero-order valence-corrected chi connectivity index (χ0v) is 18.2. The van der Waals surface area contributed by atoms with Gasteiger partial charge in [-0.05, 0) is 28.3 Å². The minimum atomic E-state index is -0.631. The van der Waals surface area contributed by atoms with Crippen LogP contribution < -0.4 is 10.6 Å². The van der Waals surface area contributed by atoms with Gasteiger partial charge >= 0.3 is 0 Å². The van der Waals surface area contributed by atoms with Crippen LogP contribution in [-0.2, 0) is 20.8 Å². The summed E-state index contributed by atoms with van der Waals surface area (Å²) in [6.45, 7) is 0.824. The van der Waals surface area contributed by atoms with Gasteiger partial charge in [0.25, 0.3) is 0 Å². The minimum absolute atomic E-state index is 0.0846. The number of rotatable bonds is 4. The fraction of sp³-hybridized carbons (Fsp3) is 0.222. The number of hydrogen-bond acceptors (Lipinski definition) is 3. The summed E-state index contributed by atoms with van der Waals surface area (Å²) in [6.07, 6.45) is 0.491. The number of nitrogens with zero attached hydrogens (tertiary/aromatic N) is 1. The Kier molecular flexibility index (Phi) is 5.65. The van der Waals surface area contributed by atoms with Crippen molar-refractivity contribution in [3.05, 3.63) is 90.0 Å². The molecule has 6 nitrogen and oxygen atoms in total. The Balaban J connectivity index is 1.47. The fourth-order valence-corrected chi connectivity index (χ4v) is 4.82. The molecule has 6 heteroatoms. The van der Waals surface area contributed by atoms with E-state index < -0.39 is 12.0 Å². The van der Waals surface area contributed by atoms with Gasteiger partial charge in [-0.3, -0.25) is 14.4 Å². The zero-order chi connectivity index (χ0) is 22.8. The fourth-order valence-electron chi connectivity index (χ4n) is 4.82. The number of anilines is 1. The molecule has 0 spiro atoms. The Morgan fingerprint density at radius 3 is 2.48 bits per heavy atom. The van der Waals surface area contributed by atoms with Crippen LogP contribution in [0.2, 0.25) is 0 Å². The first-order valence-corrected chi connectivity index (χ1v) is 11.2. The quantitative estimate of drug-likeness (QED) is 0.655. The first-order valence-electron chi connectivity index (χ1n) is 11.2. The van der Waals surface area contributed by atoms with Crippen molar-refractivity contribution in [2.24, 2.45) is 0 Å². The number of hydrogen-bond donors (Lipinski definition) is 2. The smallest absolute Gasteiger partial charge is 0.243 e. The summed E-state index contributed by atoms with van der Waals surface area (Å²) in [5.41, 5.74) is 4.59. The van der Waals surface area contributed by atoms with Gasteiger partial charge in [-0.25, -0.2) is 0 Å². The third-order valence-electron chi connectivity index (χ3n) is 6.43. The highest BCUT2D eigenvalue weighted by Crippen LogP contribution is 2.34. The van der Waals surface area contributed by atoms with Crippen LogP contribution in [0, 0.1) is 0 Å². The molecule has 1 saturated heterocycles. The summed E-state index contributed by atoms with van der Waals surface area (Å²) >= 11 is 0. The number of benzene rings is 3. The maximum absolute atomic E-state index is 13.7. The van der Waals surface area contributed by atoms with Crippen molar-refractivity contribution in [3.8, 4) is 11.1 Å². The first-order chi connectivity index (χ1) is 16.1. The molecule has 2 aliphatic rings. The average Bonchev–Trinajstić information content (AvgIpc) is 2.85. The molecule has 3 aromatic carbocycles. The molecule has 1 fully saturated rings. The maximum Gasteiger partial charge on any atom is 0.243 e. The van der Waals surface area contributed by atoms with Crippen LogP contribution in [-0.4, -0.2) is 41.8 Å². The predicted octanol–water partition coefficient (Wildman–Crippen LogP) is 3.35. The molecule has 2 heterocycles. The van der Waals surface area contributed by atoms with Crippen molar-refractivity contribution in [1.82, 2.24) is 10.2 Å². The van der Waals surface area contributed by atoms with E-state index in [1.807, 2.05) is 78.9 Å². The summed E-state index contributed by atoms with van der Waals surface area (Å²) in [6, 6.07) is 24.8. The number of fused-ring (bicyclic) bond motifs is 1.